The minimum Gasteiger partial charge on any atom is -0.340 e. The summed E-state index contributed by atoms with van der Waals surface area (Å²) in [6.45, 7) is 3.53. The molecule has 102 valence electrons. The zero-order chi connectivity index (χ0) is 13.9. The Hall–Kier alpha value is -2.23. The van der Waals surface area contributed by atoms with Crippen LogP contribution >= 0.6 is 0 Å². The summed E-state index contributed by atoms with van der Waals surface area (Å²) in [7, 11) is 0. The Labute approximate surface area is 118 Å². The molecule has 0 saturated carbocycles. The zero-order valence-corrected chi connectivity index (χ0v) is 11.5. The van der Waals surface area contributed by atoms with Gasteiger partial charge >= 0.3 is 0 Å². The number of anilines is 1. The zero-order valence-electron chi connectivity index (χ0n) is 11.5. The first-order valence-electron chi connectivity index (χ1n) is 6.89. The molecule has 0 radical (unpaired) electrons. The second kappa shape index (κ2) is 5.41. The average molecular weight is 267 g/mol. The molecule has 1 saturated heterocycles. The highest BCUT2D eigenvalue weighted by molar-refractivity contribution is 5.80. The fraction of sp³-hybridized carbons (Fsp3) is 0.312. The van der Waals surface area contributed by atoms with E-state index in [4.69, 9.17) is 0 Å². The number of aryl methyl sites for hydroxylation is 1. The summed E-state index contributed by atoms with van der Waals surface area (Å²) in [6, 6.07) is 8.21. The fourth-order valence-electron chi connectivity index (χ4n) is 2.48. The van der Waals surface area contributed by atoms with Gasteiger partial charge in [-0.15, -0.1) is 0 Å². The number of aromatic nitrogens is 2. The van der Waals surface area contributed by atoms with E-state index in [1.54, 1.807) is 0 Å². The molecule has 20 heavy (non-hydrogen) atoms. The standard InChI is InChI=1S/C16H17N3O/c1-12-4-2-3-5-15(12)13-10-17-16(18-11-13)19-8-6-14(20)7-9-19/h2-5,10-11H,6-9H2,1H3. The predicted octanol–water partition coefficient (Wildman–Crippen LogP) is 2.62. The van der Waals surface area contributed by atoms with Gasteiger partial charge in [0.15, 0.2) is 0 Å². The van der Waals surface area contributed by atoms with Crippen LogP contribution in [-0.4, -0.2) is 28.8 Å². The summed E-state index contributed by atoms with van der Waals surface area (Å²) in [5.74, 6) is 1.05. The predicted molar refractivity (Wildman–Crippen MR) is 78.7 cm³/mol. The highest BCUT2D eigenvalue weighted by Gasteiger charge is 2.18. The molecule has 3 rings (SSSR count). The molecule has 0 atom stereocenters. The van der Waals surface area contributed by atoms with Crippen LogP contribution in [-0.2, 0) is 4.79 Å². The van der Waals surface area contributed by atoms with Crippen molar-refractivity contribution >= 4 is 11.7 Å². The Bertz CT molecular complexity index is 612. The highest BCUT2D eigenvalue weighted by Crippen LogP contribution is 2.23. The second-order valence-corrected chi connectivity index (χ2v) is 5.11. The van der Waals surface area contributed by atoms with Crippen LogP contribution in [0.3, 0.4) is 0 Å². The van der Waals surface area contributed by atoms with Crippen molar-refractivity contribution in [2.75, 3.05) is 18.0 Å². The Morgan fingerprint density at radius 2 is 1.70 bits per heavy atom. The third kappa shape index (κ3) is 2.54. The van der Waals surface area contributed by atoms with Gasteiger partial charge < -0.3 is 4.90 Å². The molecule has 0 amide bonds. The lowest BCUT2D eigenvalue weighted by molar-refractivity contribution is -0.119. The van der Waals surface area contributed by atoms with Crippen molar-refractivity contribution in [3.63, 3.8) is 0 Å². The van der Waals surface area contributed by atoms with Gasteiger partial charge in [0.2, 0.25) is 5.95 Å². The normalized spacial score (nSPS) is 15.4. The average Bonchev–Trinajstić information content (AvgIpc) is 2.49. The summed E-state index contributed by atoms with van der Waals surface area (Å²) >= 11 is 0. The second-order valence-electron chi connectivity index (χ2n) is 5.11. The molecule has 1 aliphatic heterocycles. The van der Waals surface area contributed by atoms with Crippen LogP contribution in [0.25, 0.3) is 11.1 Å². The van der Waals surface area contributed by atoms with Gasteiger partial charge in [0.05, 0.1) is 0 Å². The molecule has 4 nitrogen and oxygen atoms in total. The van der Waals surface area contributed by atoms with Crippen molar-refractivity contribution in [1.82, 2.24) is 9.97 Å². The van der Waals surface area contributed by atoms with E-state index in [2.05, 4.69) is 33.9 Å². The Kier molecular flexibility index (Phi) is 3.46. The number of hydrogen-bond donors (Lipinski definition) is 0. The molecule has 2 heterocycles. The maximum absolute atomic E-state index is 11.2. The highest BCUT2D eigenvalue weighted by atomic mass is 16.1. The summed E-state index contributed by atoms with van der Waals surface area (Å²) in [5.41, 5.74) is 3.40. The van der Waals surface area contributed by atoms with Gasteiger partial charge in [-0.2, -0.15) is 0 Å². The van der Waals surface area contributed by atoms with E-state index < -0.39 is 0 Å². The Morgan fingerprint density at radius 3 is 2.35 bits per heavy atom. The van der Waals surface area contributed by atoms with Crippen LogP contribution in [0.1, 0.15) is 18.4 Å². The minimum atomic E-state index is 0.331. The number of nitrogens with zero attached hydrogens (tertiary/aromatic N) is 3. The lowest BCUT2D eigenvalue weighted by Gasteiger charge is -2.25. The van der Waals surface area contributed by atoms with Crippen molar-refractivity contribution in [3.8, 4) is 11.1 Å². The number of benzene rings is 1. The van der Waals surface area contributed by atoms with Gasteiger partial charge in [0.25, 0.3) is 0 Å². The summed E-state index contributed by atoms with van der Waals surface area (Å²) in [4.78, 5) is 22.2. The summed E-state index contributed by atoms with van der Waals surface area (Å²) < 4.78 is 0. The van der Waals surface area contributed by atoms with Crippen LogP contribution in [0.15, 0.2) is 36.7 Å². The fourth-order valence-corrected chi connectivity index (χ4v) is 2.48. The van der Waals surface area contributed by atoms with Crippen molar-refractivity contribution < 1.29 is 4.79 Å². The molecule has 1 aromatic carbocycles. The summed E-state index contributed by atoms with van der Waals surface area (Å²) in [5, 5.41) is 0. The minimum absolute atomic E-state index is 0.331. The van der Waals surface area contributed by atoms with Crippen LogP contribution in [0.5, 0.6) is 0 Å². The lowest BCUT2D eigenvalue weighted by atomic mass is 10.0. The van der Waals surface area contributed by atoms with E-state index >= 15 is 0 Å². The first-order valence-corrected chi connectivity index (χ1v) is 6.89. The Morgan fingerprint density at radius 1 is 1.05 bits per heavy atom. The molecule has 1 aromatic heterocycles. The molecule has 0 spiro atoms. The number of carbonyl (C=O) groups excluding carboxylic acids is 1. The summed E-state index contributed by atoms with van der Waals surface area (Å²) in [6.07, 6.45) is 4.92. The number of rotatable bonds is 2. The molecule has 2 aromatic rings. The van der Waals surface area contributed by atoms with Crippen LogP contribution in [0.2, 0.25) is 0 Å². The van der Waals surface area contributed by atoms with Crippen molar-refractivity contribution in [1.29, 1.82) is 0 Å². The first kappa shape index (κ1) is 12.8. The van der Waals surface area contributed by atoms with Gasteiger partial charge in [0, 0.05) is 43.9 Å². The number of hydrogen-bond acceptors (Lipinski definition) is 4. The van der Waals surface area contributed by atoms with Crippen LogP contribution < -0.4 is 4.90 Å². The van der Waals surface area contributed by atoms with Crippen molar-refractivity contribution in [3.05, 3.63) is 42.2 Å². The van der Waals surface area contributed by atoms with Crippen molar-refractivity contribution in [2.45, 2.75) is 19.8 Å². The van der Waals surface area contributed by atoms with Gasteiger partial charge in [-0.1, -0.05) is 24.3 Å². The molecule has 4 heteroatoms. The maximum atomic E-state index is 11.2. The molecule has 0 bridgehead atoms. The van der Waals surface area contributed by atoms with Gasteiger partial charge in [-0.25, -0.2) is 9.97 Å². The molecular formula is C16H17N3O. The molecule has 0 aliphatic carbocycles. The van der Waals surface area contributed by atoms with E-state index in [0.717, 1.165) is 30.2 Å². The van der Waals surface area contributed by atoms with E-state index in [1.807, 2.05) is 24.5 Å². The van der Waals surface area contributed by atoms with Gasteiger partial charge in [0.1, 0.15) is 5.78 Å². The van der Waals surface area contributed by atoms with E-state index in [-0.39, 0.29) is 0 Å². The third-order valence-electron chi connectivity index (χ3n) is 3.70. The number of carbonyl (C=O) groups is 1. The van der Waals surface area contributed by atoms with Crippen LogP contribution in [0, 0.1) is 6.92 Å². The SMILES string of the molecule is Cc1ccccc1-c1cnc(N2CCC(=O)CC2)nc1. The molecule has 0 N–H and O–H groups in total. The van der Waals surface area contributed by atoms with E-state index in [1.165, 1.54) is 5.56 Å². The topological polar surface area (TPSA) is 46.1 Å². The number of piperidine rings is 1. The van der Waals surface area contributed by atoms with Gasteiger partial charge in [-0.3, -0.25) is 4.79 Å². The monoisotopic (exact) mass is 267 g/mol. The smallest absolute Gasteiger partial charge is 0.225 e. The maximum Gasteiger partial charge on any atom is 0.225 e. The largest absolute Gasteiger partial charge is 0.340 e. The lowest BCUT2D eigenvalue weighted by Crippen LogP contribution is -2.34. The third-order valence-corrected chi connectivity index (χ3v) is 3.70. The molecule has 0 unspecified atom stereocenters. The van der Waals surface area contributed by atoms with E-state index in [9.17, 15) is 4.79 Å². The number of ketones is 1. The Balaban J connectivity index is 1.81. The molecule has 1 aliphatic rings. The molecular weight excluding hydrogens is 250 g/mol. The molecule has 1 fully saturated rings. The van der Waals surface area contributed by atoms with Crippen LogP contribution in [0.4, 0.5) is 5.95 Å². The van der Waals surface area contributed by atoms with E-state index in [0.29, 0.717) is 18.6 Å². The first-order chi connectivity index (χ1) is 9.74. The number of Topliss-reactive ketones (excluding diaryl/α,β-unsaturated/α-hetero) is 1. The van der Waals surface area contributed by atoms with Gasteiger partial charge in [-0.05, 0) is 18.1 Å². The van der Waals surface area contributed by atoms with Crippen molar-refractivity contribution in [2.24, 2.45) is 0 Å². The quantitative estimate of drug-likeness (QED) is 0.839.